The van der Waals surface area contributed by atoms with Crippen LogP contribution in [0.25, 0.3) is 0 Å². The van der Waals surface area contributed by atoms with Gasteiger partial charge >= 0.3 is 0 Å². The first-order chi connectivity index (χ1) is 12.7. The maximum atomic E-state index is 6.36. The van der Waals surface area contributed by atoms with E-state index in [-0.39, 0.29) is 0 Å². The highest BCUT2D eigenvalue weighted by molar-refractivity contribution is 6.43. The van der Waals surface area contributed by atoms with E-state index in [4.69, 9.17) is 23.2 Å². The number of nitrogens with zero attached hydrogens (tertiary/aromatic N) is 4. The lowest BCUT2D eigenvalue weighted by atomic mass is 10.2. The van der Waals surface area contributed by atoms with Crippen molar-refractivity contribution in [1.82, 2.24) is 14.9 Å². The summed E-state index contributed by atoms with van der Waals surface area (Å²) in [5.74, 6) is 0. The topological polar surface area (TPSA) is 13.0 Å². The van der Waals surface area contributed by atoms with E-state index >= 15 is 0 Å². The van der Waals surface area contributed by atoms with Crippen LogP contribution in [0.4, 0.5) is 5.69 Å². The van der Waals surface area contributed by atoms with Crippen molar-refractivity contribution in [2.75, 3.05) is 50.7 Å². The third kappa shape index (κ3) is 3.79. The molecule has 1 saturated heterocycles. The number of fused-ring (bicyclic) bond motifs is 1. The second-order valence-corrected chi connectivity index (χ2v) is 7.63. The minimum atomic E-state index is 0.631. The average Bonchev–Trinajstić information content (AvgIpc) is 3.08. The molecule has 3 heterocycles. The Hall–Kier alpha value is -1.46. The van der Waals surface area contributed by atoms with Crippen molar-refractivity contribution in [3.8, 4) is 0 Å². The standard InChI is InChI=1S/C20H24Cl2N4/c21-18-6-3-7-19(20(18)22)24-15-13-23(14-16-24)9-4-10-25-12-8-17-5-1-2-11-26(17)25/h1-3,5-8,11H,4,9-10,12-16H2. The number of hydrazine groups is 1. The summed E-state index contributed by atoms with van der Waals surface area (Å²) in [6.07, 6.45) is 12.0. The van der Waals surface area contributed by atoms with Crippen molar-refractivity contribution >= 4 is 28.9 Å². The highest BCUT2D eigenvalue weighted by Gasteiger charge is 2.22. The summed E-state index contributed by atoms with van der Waals surface area (Å²) < 4.78 is 0. The van der Waals surface area contributed by atoms with Gasteiger partial charge in [-0.2, -0.15) is 0 Å². The van der Waals surface area contributed by atoms with Gasteiger partial charge < -0.3 is 4.90 Å². The van der Waals surface area contributed by atoms with Gasteiger partial charge in [-0.15, -0.1) is 0 Å². The van der Waals surface area contributed by atoms with E-state index in [9.17, 15) is 0 Å². The van der Waals surface area contributed by atoms with Crippen LogP contribution in [0, 0.1) is 0 Å². The lowest BCUT2D eigenvalue weighted by molar-refractivity contribution is 0.0864. The van der Waals surface area contributed by atoms with E-state index in [2.05, 4.69) is 56.4 Å². The molecular weight excluding hydrogens is 367 g/mol. The molecule has 3 aliphatic rings. The quantitative estimate of drug-likeness (QED) is 0.752. The first-order valence-electron chi connectivity index (χ1n) is 9.23. The van der Waals surface area contributed by atoms with Crippen LogP contribution in [0.5, 0.6) is 0 Å². The Morgan fingerprint density at radius 3 is 2.65 bits per heavy atom. The Labute approximate surface area is 165 Å². The fraction of sp³-hybridized carbons (Fsp3) is 0.400. The molecule has 138 valence electrons. The van der Waals surface area contributed by atoms with Crippen molar-refractivity contribution in [2.24, 2.45) is 0 Å². The maximum absolute atomic E-state index is 6.36. The molecule has 0 spiro atoms. The van der Waals surface area contributed by atoms with Crippen LogP contribution < -0.4 is 4.90 Å². The Morgan fingerprint density at radius 2 is 1.81 bits per heavy atom. The summed E-state index contributed by atoms with van der Waals surface area (Å²) in [5.41, 5.74) is 2.35. The first kappa shape index (κ1) is 17.9. The molecule has 3 aliphatic heterocycles. The van der Waals surface area contributed by atoms with Gasteiger partial charge in [0.15, 0.2) is 0 Å². The van der Waals surface area contributed by atoms with Gasteiger partial charge in [0.25, 0.3) is 0 Å². The minimum Gasteiger partial charge on any atom is -0.368 e. The summed E-state index contributed by atoms with van der Waals surface area (Å²) in [7, 11) is 0. The molecule has 1 fully saturated rings. The smallest absolute Gasteiger partial charge is 0.0825 e. The number of benzene rings is 1. The van der Waals surface area contributed by atoms with E-state index < -0.39 is 0 Å². The molecule has 1 aromatic rings. The molecule has 26 heavy (non-hydrogen) atoms. The van der Waals surface area contributed by atoms with Gasteiger partial charge in [0.05, 0.1) is 21.4 Å². The summed E-state index contributed by atoms with van der Waals surface area (Å²) in [6.45, 7) is 7.35. The molecule has 0 bridgehead atoms. The Kier molecular flexibility index (Phi) is 5.55. The molecule has 0 aliphatic carbocycles. The number of allylic oxidation sites excluding steroid dienone is 3. The molecule has 0 N–H and O–H groups in total. The van der Waals surface area contributed by atoms with Crippen LogP contribution >= 0.6 is 23.2 Å². The van der Waals surface area contributed by atoms with E-state index in [0.717, 1.165) is 51.5 Å². The maximum Gasteiger partial charge on any atom is 0.0825 e. The van der Waals surface area contributed by atoms with Crippen LogP contribution in [0.2, 0.25) is 10.0 Å². The molecule has 0 amide bonds. The highest BCUT2D eigenvalue weighted by Crippen LogP contribution is 2.32. The van der Waals surface area contributed by atoms with Crippen LogP contribution in [0.1, 0.15) is 6.42 Å². The Balaban J connectivity index is 1.22. The Bertz CT molecular complexity index is 735. The normalized spacial score (nSPS) is 20.6. The lowest BCUT2D eigenvalue weighted by Crippen LogP contribution is -2.47. The minimum absolute atomic E-state index is 0.631. The second kappa shape index (κ2) is 8.05. The third-order valence-corrected chi connectivity index (χ3v) is 6.03. The van der Waals surface area contributed by atoms with E-state index in [1.54, 1.807) is 0 Å². The molecule has 1 aromatic carbocycles. The van der Waals surface area contributed by atoms with E-state index in [1.807, 2.05) is 12.1 Å². The van der Waals surface area contributed by atoms with Crippen LogP contribution in [-0.2, 0) is 0 Å². The van der Waals surface area contributed by atoms with Crippen molar-refractivity contribution < 1.29 is 0 Å². The highest BCUT2D eigenvalue weighted by atomic mass is 35.5. The van der Waals surface area contributed by atoms with Gasteiger partial charge in [-0.05, 0) is 43.3 Å². The molecule has 0 unspecified atom stereocenters. The molecule has 0 atom stereocenters. The molecule has 4 rings (SSSR count). The Morgan fingerprint density at radius 1 is 0.962 bits per heavy atom. The predicted octanol–water partition coefficient (Wildman–Crippen LogP) is 4.01. The largest absolute Gasteiger partial charge is 0.368 e. The molecule has 6 heteroatoms. The van der Waals surface area contributed by atoms with Crippen LogP contribution in [0.3, 0.4) is 0 Å². The predicted molar refractivity (Wildman–Crippen MR) is 110 cm³/mol. The molecular formula is C20H24Cl2N4. The zero-order chi connectivity index (χ0) is 17.9. The molecule has 4 nitrogen and oxygen atoms in total. The van der Waals surface area contributed by atoms with Crippen LogP contribution in [0.15, 0.2) is 54.4 Å². The number of piperazine rings is 1. The van der Waals surface area contributed by atoms with Crippen molar-refractivity contribution in [3.63, 3.8) is 0 Å². The molecule has 0 aromatic heterocycles. The van der Waals surface area contributed by atoms with E-state index in [1.165, 1.54) is 12.1 Å². The summed E-state index contributed by atoms with van der Waals surface area (Å²) in [4.78, 5) is 4.89. The average molecular weight is 391 g/mol. The van der Waals surface area contributed by atoms with Crippen LogP contribution in [-0.4, -0.2) is 60.7 Å². The van der Waals surface area contributed by atoms with Gasteiger partial charge in [0, 0.05) is 45.5 Å². The fourth-order valence-corrected chi connectivity index (χ4v) is 4.19. The van der Waals surface area contributed by atoms with Gasteiger partial charge in [0.2, 0.25) is 0 Å². The number of halogens is 2. The van der Waals surface area contributed by atoms with Gasteiger partial charge in [0.1, 0.15) is 0 Å². The zero-order valence-electron chi connectivity index (χ0n) is 14.8. The third-order valence-electron chi connectivity index (χ3n) is 5.22. The van der Waals surface area contributed by atoms with E-state index in [0.29, 0.717) is 10.0 Å². The molecule has 0 radical (unpaired) electrons. The summed E-state index contributed by atoms with van der Waals surface area (Å²) in [6, 6.07) is 5.87. The lowest BCUT2D eigenvalue weighted by Gasteiger charge is -2.37. The van der Waals surface area contributed by atoms with Gasteiger partial charge in [-0.25, -0.2) is 5.01 Å². The summed E-state index contributed by atoms with van der Waals surface area (Å²) >= 11 is 12.5. The first-order valence-corrected chi connectivity index (χ1v) is 9.98. The SMILES string of the molecule is Clc1cccc(N2CCN(CCCN3CC=C4C=CC=CN43)CC2)c1Cl. The molecule has 0 saturated carbocycles. The second-order valence-electron chi connectivity index (χ2n) is 6.84. The number of anilines is 1. The van der Waals surface area contributed by atoms with Gasteiger partial charge in [-0.1, -0.05) is 35.3 Å². The van der Waals surface area contributed by atoms with Gasteiger partial charge in [-0.3, -0.25) is 9.91 Å². The number of rotatable bonds is 5. The van der Waals surface area contributed by atoms with Crippen molar-refractivity contribution in [1.29, 1.82) is 0 Å². The zero-order valence-corrected chi connectivity index (χ0v) is 16.3. The fourth-order valence-electron chi connectivity index (χ4n) is 3.78. The monoisotopic (exact) mass is 390 g/mol. The summed E-state index contributed by atoms with van der Waals surface area (Å²) in [5, 5.41) is 5.96. The number of hydrogen-bond acceptors (Lipinski definition) is 4. The van der Waals surface area contributed by atoms with Crippen molar-refractivity contribution in [3.05, 3.63) is 64.4 Å². The van der Waals surface area contributed by atoms with Crippen molar-refractivity contribution in [2.45, 2.75) is 6.42 Å². The number of hydrogen-bond donors (Lipinski definition) is 0.